The van der Waals surface area contributed by atoms with Crippen LogP contribution in [0.15, 0.2) is 0 Å². The van der Waals surface area contributed by atoms with Crippen LogP contribution in [-0.4, -0.2) is 12.5 Å². The van der Waals surface area contributed by atoms with E-state index in [9.17, 15) is 8.78 Å². The predicted octanol–water partition coefficient (Wildman–Crippen LogP) is 1.41. The maximum atomic E-state index is 11.2. The van der Waals surface area contributed by atoms with E-state index < -0.39 is 6.43 Å². The number of hydrogen-bond acceptors (Lipinski definition) is 1. The Balaban J connectivity index is 0. The molecule has 8 heavy (non-hydrogen) atoms. The van der Waals surface area contributed by atoms with E-state index in [-0.39, 0.29) is 24.9 Å². The summed E-state index contributed by atoms with van der Waals surface area (Å²) in [4.78, 5) is 0. The summed E-state index contributed by atoms with van der Waals surface area (Å²) in [5.74, 6) is 0. The molecular weight excluding hydrogens is 136 g/mol. The first kappa shape index (κ1) is 11.0. The maximum absolute atomic E-state index is 11.2. The molecule has 0 rings (SSSR count). The van der Waals surface area contributed by atoms with E-state index in [1.807, 2.05) is 0 Å². The van der Waals surface area contributed by atoms with Crippen molar-refractivity contribution < 1.29 is 8.78 Å². The van der Waals surface area contributed by atoms with Crippen molar-refractivity contribution in [1.29, 1.82) is 0 Å². The van der Waals surface area contributed by atoms with Crippen LogP contribution >= 0.6 is 12.4 Å². The number of nitrogens with two attached hydrogens (primary N) is 1. The van der Waals surface area contributed by atoms with Crippen LogP contribution in [0.2, 0.25) is 0 Å². The molecule has 1 atom stereocenters. The van der Waals surface area contributed by atoms with E-state index in [0.29, 0.717) is 0 Å². The molecule has 0 aliphatic rings. The first-order valence-electron chi connectivity index (χ1n) is 2.16. The summed E-state index contributed by atoms with van der Waals surface area (Å²) < 4.78 is 22.4. The molecule has 0 saturated carbocycles. The zero-order chi connectivity index (χ0) is 5.86. The fraction of sp³-hybridized carbons (Fsp3) is 1.00. The molecule has 0 bridgehead atoms. The summed E-state index contributed by atoms with van der Waals surface area (Å²) in [5.41, 5.74) is 5.01. The summed E-state index contributed by atoms with van der Waals surface area (Å²) in [7, 11) is 0. The van der Waals surface area contributed by atoms with Crippen molar-refractivity contribution in [2.24, 2.45) is 5.73 Å². The normalized spacial score (nSPS) is 13.1. The van der Waals surface area contributed by atoms with Crippen LogP contribution in [0.4, 0.5) is 8.78 Å². The summed E-state index contributed by atoms with van der Waals surface area (Å²) in [6.07, 6.45) is -2.44. The average Bonchev–Trinajstić information content (AvgIpc) is 1.27. The Morgan fingerprint density at radius 1 is 1.50 bits per heavy atom. The molecule has 0 aliphatic heterocycles. The van der Waals surface area contributed by atoms with Crippen LogP contribution in [0.25, 0.3) is 0 Å². The topological polar surface area (TPSA) is 26.0 Å². The summed E-state index contributed by atoms with van der Waals surface area (Å²) in [6, 6.07) is -0.375. The minimum Gasteiger partial charge on any atom is -0.328 e. The van der Waals surface area contributed by atoms with Crippen molar-refractivity contribution in [2.45, 2.75) is 25.8 Å². The van der Waals surface area contributed by atoms with Crippen LogP contribution in [0.1, 0.15) is 13.3 Å². The molecule has 0 spiro atoms. The van der Waals surface area contributed by atoms with Crippen LogP contribution < -0.4 is 5.73 Å². The van der Waals surface area contributed by atoms with E-state index in [0.717, 1.165) is 0 Å². The molecule has 1 nitrogen and oxygen atoms in total. The third-order valence-corrected chi connectivity index (χ3v) is 0.550. The third-order valence-electron chi connectivity index (χ3n) is 0.550. The Morgan fingerprint density at radius 3 is 1.88 bits per heavy atom. The number of hydrogen-bond donors (Lipinski definition) is 1. The van der Waals surface area contributed by atoms with Gasteiger partial charge in [-0.1, -0.05) is 0 Å². The average molecular weight is 146 g/mol. The van der Waals surface area contributed by atoms with Gasteiger partial charge in [0.05, 0.1) is 0 Å². The van der Waals surface area contributed by atoms with Gasteiger partial charge in [0.25, 0.3) is 0 Å². The van der Waals surface area contributed by atoms with Gasteiger partial charge in [0.2, 0.25) is 6.43 Å². The summed E-state index contributed by atoms with van der Waals surface area (Å²) in [5, 5.41) is 0. The Kier molecular flexibility index (Phi) is 7.21. The Hall–Kier alpha value is 0.110. The van der Waals surface area contributed by atoms with Gasteiger partial charge in [0.15, 0.2) is 0 Å². The van der Waals surface area contributed by atoms with Gasteiger partial charge < -0.3 is 5.73 Å². The summed E-state index contributed by atoms with van der Waals surface area (Å²) >= 11 is 0. The molecule has 52 valence electrons. The van der Waals surface area contributed by atoms with E-state index in [2.05, 4.69) is 0 Å². The number of rotatable bonds is 2. The molecule has 4 heteroatoms. The van der Waals surface area contributed by atoms with Crippen molar-refractivity contribution in [1.82, 2.24) is 0 Å². The van der Waals surface area contributed by atoms with Gasteiger partial charge in [-0.05, 0) is 6.92 Å². The van der Waals surface area contributed by atoms with Crippen LogP contribution in [0.3, 0.4) is 0 Å². The van der Waals surface area contributed by atoms with Gasteiger partial charge in [-0.2, -0.15) is 0 Å². The standard InChI is InChI=1S/C4H9F2N.ClH/c1-3(7)2-4(5)6;/h3-4H,2,7H2,1H3;1H/t3-;/m0./s1. The van der Waals surface area contributed by atoms with E-state index in [1.165, 1.54) is 0 Å². The third kappa shape index (κ3) is 9.44. The van der Waals surface area contributed by atoms with Crippen molar-refractivity contribution in [3.8, 4) is 0 Å². The van der Waals surface area contributed by atoms with Gasteiger partial charge in [-0.25, -0.2) is 8.78 Å². The van der Waals surface area contributed by atoms with Crippen molar-refractivity contribution in [2.75, 3.05) is 0 Å². The van der Waals surface area contributed by atoms with Crippen molar-refractivity contribution in [3.63, 3.8) is 0 Å². The maximum Gasteiger partial charge on any atom is 0.240 e. The Bertz CT molecular complexity index is 43.3. The lowest BCUT2D eigenvalue weighted by Crippen LogP contribution is -2.17. The predicted molar refractivity (Wildman–Crippen MR) is 31.5 cm³/mol. The second-order valence-corrected chi connectivity index (χ2v) is 1.60. The van der Waals surface area contributed by atoms with Crippen LogP contribution in [-0.2, 0) is 0 Å². The Morgan fingerprint density at radius 2 is 1.88 bits per heavy atom. The van der Waals surface area contributed by atoms with Gasteiger partial charge in [0, 0.05) is 12.5 Å². The smallest absolute Gasteiger partial charge is 0.240 e. The molecule has 0 amide bonds. The number of halogens is 3. The van der Waals surface area contributed by atoms with Crippen LogP contribution in [0, 0.1) is 0 Å². The highest BCUT2D eigenvalue weighted by Crippen LogP contribution is 1.99. The minimum absolute atomic E-state index is 0. The Labute approximate surface area is 53.7 Å². The zero-order valence-corrected chi connectivity index (χ0v) is 5.42. The lowest BCUT2D eigenvalue weighted by molar-refractivity contribution is 0.130. The second-order valence-electron chi connectivity index (χ2n) is 1.60. The number of alkyl halides is 2. The van der Waals surface area contributed by atoms with Gasteiger partial charge in [-0.3, -0.25) is 0 Å². The lowest BCUT2D eigenvalue weighted by atomic mass is 10.3. The van der Waals surface area contributed by atoms with Crippen molar-refractivity contribution >= 4 is 12.4 Å². The first-order chi connectivity index (χ1) is 3.13. The molecule has 0 aromatic rings. The van der Waals surface area contributed by atoms with E-state index >= 15 is 0 Å². The molecule has 0 radical (unpaired) electrons. The molecule has 2 N–H and O–H groups in total. The fourth-order valence-electron chi connectivity index (χ4n) is 0.281. The highest BCUT2D eigenvalue weighted by atomic mass is 35.5. The van der Waals surface area contributed by atoms with Gasteiger partial charge in [-0.15, -0.1) is 12.4 Å². The largest absolute Gasteiger partial charge is 0.328 e. The highest BCUT2D eigenvalue weighted by Gasteiger charge is 2.03. The molecule has 0 aromatic carbocycles. The van der Waals surface area contributed by atoms with Gasteiger partial charge >= 0.3 is 0 Å². The van der Waals surface area contributed by atoms with E-state index in [1.54, 1.807) is 6.92 Å². The molecule has 0 aromatic heterocycles. The monoisotopic (exact) mass is 145 g/mol. The molecule has 0 saturated heterocycles. The molecule has 0 heterocycles. The van der Waals surface area contributed by atoms with Crippen LogP contribution in [0.5, 0.6) is 0 Å². The fourth-order valence-corrected chi connectivity index (χ4v) is 0.281. The molecule has 0 aliphatic carbocycles. The van der Waals surface area contributed by atoms with Gasteiger partial charge in [0.1, 0.15) is 0 Å². The first-order valence-corrected chi connectivity index (χ1v) is 2.16. The highest BCUT2D eigenvalue weighted by molar-refractivity contribution is 5.85. The molecule has 0 fully saturated rings. The molecule has 0 unspecified atom stereocenters. The lowest BCUT2D eigenvalue weighted by Gasteiger charge is -2.00. The quantitative estimate of drug-likeness (QED) is 0.625. The van der Waals surface area contributed by atoms with Crippen molar-refractivity contribution in [3.05, 3.63) is 0 Å². The zero-order valence-electron chi connectivity index (χ0n) is 4.60. The minimum atomic E-state index is -2.25. The summed E-state index contributed by atoms with van der Waals surface area (Å²) in [6.45, 7) is 1.56. The second kappa shape index (κ2) is 5.25. The SMILES string of the molecule is C[C@H](N)CC(F)F.Cl. The van der Waals surface area contributed by atoms with E-state index in [4.69, 9.17) is 5.73 Å². The molecular formula is C4H10ClF2N.